The van der Waals surface area contributed by atoms with Crippen molar-refractivity contribution >= 4 is 11.8 Å². The van der Waals surface area contributed by atoms with E-state index in [1.165, 1.54) is 27.8 Å². The Bertz CT molecular complexity index is 999. The topological polar surface area (TPSA) is 37.0 Å². The molecular formula is C25H24N2O. The molecule has 0 aliphatic heterocycles. The second-order valence-corrected chi connectivity index (χ2v) is 7.60. The van der Waals surface area contributed by atoms with Crippen molar-refractivity contribution in [3.05, 3.63) is 106 Å². The molecule has 1 saturated carbocycles. The summed E-state index contributed by atoms with van der Waals surface area (Å²) in [5.74, 6) is 0. The lowest BCUT2D eigenvalue weighted by Crippen LogP contribution is -2.30. The number of aromatic nitrogens is 1. The number of H-pyrrole nitrogens is 1. The number of rotatable bonds is 5. The van der Waals surface area contributed by atoms with Gasteiger partial charge in [-0.05, 0) is 41.5 Å². The van der Waals surface area contributed by atoms with Crippen molar-refractivity contribution in [3.8, 4) is 0 Å². The molecule has 1 aromatic heterocycles. The molecule has 0 bridgehead atoms. The van der Waals surface area contributed by atoms with Crippen molar-refractivity contribution in [2.24, 2.45) is 0 Å². The van der Waals surface area contributed by atoms with Gasteiger partial charge in [0.15, 0.2) is 0 Å². The van der Waals surface area contributed by atoms with E-state index in [0.717, 1.165) is 30.7 Å². The number of benzene rings is 2. The summed E-state index contributed by atoms with van der Waals surface area (Å²) in [6.45, 7) is 0. The van der Waals surface area contributed by atoms with Gasteiger partial charge in [0.05, 0.1) is 18.5 Å². The quantitative estimate of drug-likeness (QED) is 0.605. The third-order valence-electron chi connectivity index (χ3n) is 5.90. The largest absolute Gasteiger partial charge is 0.359 e. The monoisotopic (exact) mass is 368 g/mol. The Morgan fingerprint density at radius 2 is 1.61 bits per heavy atom. The summed E-state index contributed by atoms with van der Waals surface area (Å²) in [6, 6.07) is 21.6. The highest BCUT2D eigenvalue weighted by atomic mass is 16.6. The van der Waals surface area contributed by atoms with Crippen LogP contribution < -0.4 is 5.48 Å². The van der Waals surface area contributed by atoms with Gasteiger partial charge in [-0.15, -0.1) is 0 Å². The zero-order valence-corrected chi connectivity index (χ0v) is 16.0. The molecule has 3 aromatic rings. The fraction of sp³-hybridized carbons (Fsp3) is 0.200. The van der Waals surface area contributed by atoms with Crippen molar-refractivity contribution in [3.63, 3.8) is 0 Å². The van der Waals surface area contributed by atoms with Crippen molar-refractivity contribution in [1.29, 1.82) is 0 Å². The molecule has 140 valence electrons. The molecule has 0 unspecified atom stereocenters. The minimum atomic E-state index is -0.156. The summed E-state index contributed by atoms with van der Waals surface area (Å²) in [5.41, 5.74) is 11.8. The summed E-state index contributed by atoms with van der Waals surface area (Å²) in [5, 5.41) is 0. The lowest BCUT2D eigenvalue weighted by atomic mass is 9.68. The first-order valence-electron chi connectivity index (χ1n) is 9.84. The minimum Gasteiger partial charge on any atom is -0.359 e. The van der Waals surface area contributed by atoms with Crippen molar-refractivity contribution in [1.82, 2.24) is 10.5 Å². The zero-order chi connectivity index (χ0) is 19.0. The number of nitrogens with one attached hydrogen (secondary N) is 2. The Hall–Kier alpha value is -3.04. The van der Waals surface area contributed by atoms with E-state index in [2.05, 4.69) is 89.5 Å². The van der Waals surface area contributed by atoms with Gasteiger partial charge >= 0.3 is 0 Å². The molecule has 2 N–H and O–H groups in total. The highest BCUT2D eigenvalue weighted by Crippen LogP contribution is 2.44. The summed E-state index contributed by atoms with van der Waals surface area (Å²) in [4.78, 5) is 8.76. The SMILES string of the molecule is CONC(=C1CC1)c1[nH]cc2c1C=CC(c1ccccc1)(c1ccccc1)C2. The fourth-order valence-electron chi connectivity index (χ4n) is 4.35. The van der Waals surface area contributed by atoms with Crippen molar-refractivity contribution in [2.75, 3.05) is 7.11 Å². The van der Waals surface area contributed by atoms with Crippen LogP contribution in [0.15, 0.2) is 78.5 Å². The molecule has 0 atom stereocenters. The van der Waals surface area contributed by atoms with Crippen LogP contribution in [0.4, 0.5) is 0 Å². The predicted octanol–water partition coefficient (Wildman–Crippen LogP) is 5.23. The maximum absolute atomic E-state index is 5.25. The van der Waals surface area contributed by atoms with Gasteiger partial charge in [-0.3, -0.25) is 10.3 Å². The van der Waals surface area contributed by atoms with Crippen LogP contribution in [-0.2, 0) is 16.7 Å². The van der Waals surface area contributed by atoms with Crippen LogP contribution in [-0.4, -0.2) is 12.1 Å². The van der Waals surface area contributed by atoms with E-state index in [0.29, 0.717) is 0 Å². The van der Waals surface area contributed by atoms with Gasteiger partial charge in [-0.2, -0.15) is 0 Å². The normalized spacial score (nSPS) is 16.5. The van der Waals surface area contributed by atoms with Gasteiger partial charge in [0.2, 0.25) is 0 Å². The number of allylic oxidation sites excluding steroid dienone is 2. The zero-order valence-electron chi connectivity index (χ0n) is 16.0. The highest BCUT2D eigenvalue weighted by molar-refractivity contribution is 5.78. The van der Waals surface area contributed by atoms with Gasteiger partial charge in [0, 0.05) is 17.2 Å². The van der Waals surface area contributed by atoms with Crippen LogP contribution >= 0.6 is 0 Å². The molecule has 1 heterocycles. The Balaban J connectivity index is 1.62. The molecule has 0 amide bonds. The van der Waals surface area contributed by atoms with E-state index in [1.807, 2.05) is 0 Å². The average Bonchev–Trinajstić information content (AvgIpc) is 3.52. The Morgan fingerprint density at radius 3 is 2.18 bits per heavy atom. The van der Waals surface area contributed by atoms with Crippen LogP contribution in [0.1, 0.15) is 40.8 Å². The summed E-state index contributed by atoms with van der Waals surface area (Å²) < 4.78 is 0. The number of hydrogen-bond donors (Lipinski definition) is 2. The van der Waals surface area contributed by atoms with E-state index in [1.54, 1.807) is 7.11 Å². The molecule has 2 aliphatic rings. The first kappa shape index (κ1) is 17.1. The van der Waals surface area contributed by atoms with E-state index in [9.17, 15) is 0 Å². The Morgan fingerprint density at radius 1 is 0.964 bits per heavy atom. The van der Waals surface area contributed by atoms with Gasteiger partial charge < -0.3 is 4.98 Å². The number of aromatic amines is 1. The lowest BCUT2D eigenvalue weighted by molar-refractivity contribution is 0.136. The van der Waals surface area contributed by atoms with Gasteiger partial charge in [-0.1, -0.05) is 72.8 Å². The summed E-state index contributed by atoms with van der Waals surface area (Å²) >= 11 is 0. The predicted molar refractivity (Wildman–Crippen MR) is 113 cm³/mol. The fourth-order valence-corrected chi connectivity index (χ4v) is 4.35. The highest BCUT2D eigenvalue weighted by Gasteiger charge is 2.36. The van der Waals surface area contributed by atoms with Crippen molar-refractivity contribution < 1.29 is 4.84 Å². The second kappa shape index (κ2) is 6.84. The lowest BCUT2D eigenvalue weighted by Gasteiger charge is -2.35. The second-order valence-electron chi connectivity index (χ2n) is 7.60. The Labute approximate surface area is 165 Å². The van der Waals surface area contributed by atoms with E-state index < -0.39 is 0 Å². The molecule has 3 heteroatoms. The summed E-state index contributed by atoms with van der Waals surface area (Å²) in [6.07, 6.45) is 10.0. The molecule has 2 aliphatic carbocycles. The van der Waals surface area contributed by atoms with Crippen molar-refractivity contribution in [2.45, 2.75) is 24.7 Å². The molecule has 3 nitrogen and oxygen atoms in total. The molecule has 5 rings (SSSR count). The van der Waals surface area contributed by atoms with E-state index in [-0.39, 0.29) is 5.41 Å². The number of hydroxylamine groups is 1. The molecule has 0 saturated heterocycles. The average molecular weight is 368 g/mol. The van der Waals surface area contributed by atoms with Crippen LogP contribution in [0.3, 0.4) is 0 Å². The molecule has 28 heavy (non-hydrogen) atoms. The van der Waals surface area contributed by atoms with Crippen LogP contribution in [0.5, 0.6) is 0 Å². The smallest absolute Gasteiger partial charge is 0.0837 e. The van der Waals surface area contributed by atoms with E-state index >= 15 is 0 Å². The third kappa shape index (κ3) is 2.79. The third-order valence-corrected chi connectivity index (χ3v) is 5.90. The van der Waals surface area contributed by atoms with Gasteiger partial charge in [0.25, 0.3) is 0 Å². The first-order chi connectivity index (χ1) is 13.8. The van der Waals surface area contributed by atoms with Gasteiger partial charge in [0.1, 0.15) is 0 Å². The van der Waals surface area contributed by atoms with Crippen LogP contribution in [0, 0.1) is 0 Å². The maximum Gasteiger partial charge on any atom is 0.0837 e. The standard InChI is InChI=1S/C25H24N2O/c1-28-27-23(18-12-13-18)24-22-14-15-25(16-19(22)17-26-24,20-8-4-2-5-9-20)21-10-6-3-7-11-21/h2-11,14-15,17,26-27H,12-13,16H2,1H3. The van der Waals surface area contributed by atoms with E-state index in [4.69, 9.17) is 4.84 Å². The molecule has 2 aromatic carbocycles. The maximum atomic E-state index is 5.25. The minimum absolute atomic E-state index is 0.156. The molecule has 0 spiro atoms. The van der Waals surface area contributed by atoms with Crippen LogP contribution in [0.2, 0.25) is 0 Å². The molecule has 1 fully saturated rings. The van der Waals surface area contributed by atoms with Gasteiger partial charge in [-0.25, -0.2) is 0 Å². The van der Waals surface area contributed by atoms with Crippen LogP contribution in [0.25, 0.3) is 11.8 Å². The first-order valence-corrected chi connectivity index (χ1v) is 9.84. The summed E-state index contributed by atoms with van der Waals surface area (Å²) in [7, 11) is 1.67. The number of fused-ring (bicyclic) bond motifs is 1. The number of hydrogen-bond acceptors (Lipinski definition) is 2. The Kier molecular flexibility index (Phi) is 4.18. The molecular weight excluding hydrogens is 344 g/mol. The molecule has 0 radical (unpaired) electrons.